The van der Waals surface area contributed by atoms with Gasteiger partial charge in [0.2, 0.25) is 0 Å². The molecule has 0 aromatic carbocycles. The molecule has 0 amide bonds. The summed E-state index contributed by atoms with van der Waals surface area (Å²) in [5, 5.41) is 11.4. The van der Waals surface area contributed by atoms with Crippen LogP contribution >= 0.6 is 0 Å². The highest BCUT2D eigenvalue weighted by Crippen LogP contribution is 2.32. The minimum Gasteiger partial charge on any atom is -0.454 e. The Labute approximate surface area is 160 Å². The second kappa shape index (κ2) is 8.97. The van der Waals surface area contributed by atoms with Gasteiger partial charge in [0.25, 0.3) is 0 Å². The molecule has 7 heteroatoms. The Morgan fingerprint density at radius 2 is 2.07 bits per heavy atom. The molecule has 7 nitrogen and oxygen atoms in total. The van der Waals surface area contributed by atoms with Crippen LogP contribution in [0.15, 0.2) is 12.1 Å². The highest BCUT2D eigenvalue weighted by atomic mass is 16.5. The largest absolute Gasteiger partial charge is 0.454 e. The molecule has 3 rings (SSSR count). The number of carbonyl (C=O) groups excluding carboxylic acids is 1. The normalized spacial score (nSPS) is 15.5. The van der Waals surface area contributed by atoms with Crippen LogP contribution in [0.25, 0.3) is 6.08 Å². The Hall–Kier alpha value is -2.44. The average Bonchev–Trinajstić information content (AvgIpc) is 3.23. The third-order valence-electron chi connectivity index (χ3n) is 5.25. The molecule has 0 saturated heterocycles. The maximum Gasteiger partial charge on any atom is 0.331 e. The summed E-state index contributed by atoms with van der Waals surface area (Å²) >= 11 is 0. The van der Waals surface area contributed by atoms with Gasteiger partial charge in [0, 0.05) is 30.1 Å². The first kappa shape index (κ1) is 19.3. The molecule has 1 fully saturated rings. The Bertz CT molecular complexity index is 799. The molecular formula is C20H29N5O2. The van der Waals surface area contributed by atoms with Crippen LogP contribution in [0, 0.1) is 13.8 Å². The molecule has 0 radical (unpaired) electrons. The summed E-state index contributed by atoms with van der Waals surface area (Å²) in [6.07, 6.45) is 10.7. The van der Waals surface area contributed by atoms with Gasteiger partial charge < -0.3 is 9.30 Å². The van der Waals surface area contributed by atoms with Crippen molar-refractivity contribution in [2.75, 3.05) is 0 Å². The maximum atomic E-state index is 12.1. The Morgan fingerprint density at radius 3 is 2.81 bits per heavy atom. The van der Waals surface area contributed by atoms with Crippen molar-refractivity contribution in [1.82, 2.24) is 24.8 Å². The van der Waals surface area contributed by atoms with Crippen molar-refractivity contribution >= 4 is 12.0 Å². The number of tetrazole rings is 1. The van der Waals surface area contributed by atoms with Gasteiger partial charge in [-0.25, -0.2) is 9.48 Å². The minimum atomic E-state index is -0.386. The van der Waals surface area contributed by atoms with Crippen LogP contribution in [0.4, 0.5) is 0 Å². The van der Waals surface area contributed by atoms with Gasteiger partial charge >= 0.3 is 5.97 Å². The maximum absolute atomic E-state index is 12.1. The molecule has 27 heavy (non-hydrogen) atoms. The van der Waals surface area contributed by atoms with Crippen LogP contribution < -0.4 is 0 Å². The lowest BCUT2D eigenvalue weighted by Gasteiger charge is -2.26. The van der Waals surface area contributed by atoms with E-state index in [0.29, 0.717) is 18.4 Å². The Balaban J connectivity index is 1.61. The lowest BCUT2D eigenvalue weighted by Crippen LogP contribution is -2.15. The lowest BCUT2D eigenvalue weighted by atomic mass is 9.95. The molecule has 0 bridgehead atoms. The van der Waals surface area contributed by atoms with E-state index in [1.54, 1.807) is 4.68 Å². The first-order valence-corrected chi connectivity index (χ1v) is 9.88. The number of rotatable bonds is 7. The number of nitrogens with zero attached hydrogens (tertiary/aromatic N) is 5. The Morgan fingerprint density at radius 1 is 1.30 bits per heavy atom. The van der Waals surface area contributed by atoms with Gasteiger partial charge in [0.1, 0.15) is 0 Å². The molecule has 0 N–H and O–H groups in total. The molecule has 146 valence electrons. The van der Waals surface area contributed by atoms with Crippen LogP contribution in [-0.2, 0) is 22.7 Å². The summed E-state index contributed by atoms with van der Waals surface area (Å²) < 4.78 is 9.39. The van der Waals surface area contributed by atoms with E-state index in [1.807, 2.05) is 13.0 Å². The SMILES string of the molecule is CCCn1nnnc1COC(=O)/C=C/c1cc(C)n(C2CCCCC2)c1C. The first-order valence-electron chi connectivity index (χ1n) is 9.88. The first-order chi connectivity index (χ1) is 13.1. The monoisotopic (exact) mass is 371 g/mol. The third kappa shape index (κ3) is 4.64. The van der Waals surface area contributed by atoms with Crippen molar-refractivity contribution in [3.05, 3.63) is 34.9 Å². The van der Waals surface area contributed by atoms with Crippen LogP contribution in [0.1, 0.15) is 74.3 Å². The van der Waals surface area contributed by atoms with Crippen molar-refractivity contribution in [3.8, 4) is 0 Å². The van der Waals surface area contributed by atoms with Gasteiger partial charge in [-0.3, -0.25) is 0 Å². The van der Waals surface area contributed by atoms with Gasteiger partial charge in [0.15, 0.2) is 12.4 Å². The van der Waals surface area contributed by atoms with Gasteiger partial charge in [-0.2, -0.15) is 0 Å². The van der Waals surface area contributed by atoms with Crippen molar-refractivity contribution in [1.29, 1.82) is 0 Å². The summed E-state index contributed by atoms with van der Waals surface area (Å²) in [6.45, 7) is 7.11. The van der Waals surface area contributed by atoms with Gasteiger partial charge in [-0.15, -0.1) is 5.10 Å². The number of carbonyl (C=O) groups is 1. The van der Waals surface area contributed by atoms with Crippen LogP contribution in [0.2, 0.25) is 0 Å². The van der Waals surface area contributed by atoms with E-state index in [2.05, 4.69) is 40.0 Å². The molecule has 0 aliphatic heterocycles. The number of aryl methyl sites for hydroxylation is 2. The van der Waals surface area contributed by atoms with Crippen molar-refractivity contribution in [2.45, 2.75) is 78.5 Å². The fraction of sp³-hybridized carbons (Fsp3) is 0.600. The zero-order valence-corrected chi connectivity index (χ0v) is 16.5. The second-order valence-electron chi connectivity index (χ2n) is 7.25. The van der Waals surface area contributed by atoms with E-state index in [-0.39, 0.29) is 12.6 Å². The summed E-state index contributed by atoms with van der Waals surface area (Å²) in [4.78, 5) is 12.1. The highest BCUT2D eigenvalue weighted by molar-refractivity contribution is 5.87. The molecule has 2 heterocycles. The standard InChI is InChI=1S/C20H29N5O2/c1-4-12-24-19(21-22-23-24)14-27-20(26)11-10-17-13-15(2)25(16(17)3)18-8-6-5-7-9-18/h10-11,13,18H,4-9,12,14H2,1-3H3/b11-10+. The molecule has 0 spiro atoms. The fourth-order valence-corrected chi connectivity index (χ4v) is 3.93. The quantitative estimate of drug-likeness (QED) is 0.547. The van der Waals surface area contributed by atoms with Crippen molar-refractivity contribution in [3.63, 3.8) is 0 Å². The van der Waals surface area contributed by atoms with Crippen LogP contribution in [0.5, 0.6) is 0 Å². The van der Waals surface area contributed by atoms with Gasteiger partial charge in [-0.05, 0) is 61.2 Å². The number of ether oxygens (including phenoxy) is 1. The number of hydrogen-bond donors (Lipinski definition) is 0. The van der Waals surface area contributed by atoms with E-state index in [9.17, 15) is 4.79 Å². The smallest absolute Gasteiger partial charge is 0.331 e. The van der Waals surface area contributed by atoms with E-state index in [4.69, 9.17) is 4.74 Å². The average molecular weight is 371 g/mol. The topological polar surface area (TPSA) is 74.8 Å². The molecule has 1 saturated carbocycles. The number of hydrogen-bond acceptors (Lipinski definition) is 5. The third-order valence-corrected chi connectivity index (χ3v) is 5.25. The van der Waals surface area contributed by atoms with Crippen LogP contribution in [0.3, 0.4) is 0 Å². The molecule has 0 unspecified atom stereocenters. The summed E-state index contributed by atoms with van der Waals surface area (Å²) in [5.41, 5.74) is 3.55. The van der Waals surface area contributed by atoms with E-state index in [1.165, 1.54) is 49.6 Å². The predicted octanol–water partition coefficient (Wildman–Crippen LogP) is 3.76. The van der Waals surface area contributed by atoms with E-state index >= 15 is 0 Å². The molecule has 1 aliphatic rings. The highest BCUT2D eigenvalue weighted by Gasteiger charge is 2.19. The number of aromatic nitrogens is 5. The zero-order chi connectivity index (χ0) is 19.2. The minimum absolute atomic E-state index is 0.0806. The van der Waals surface area contributed by atoms with Crippen molar-refractivity contribution in [2.24, 2.45) is 0 Å². The number of esters is 1. The van der Waals surface area contributed by atoms with Gasteiger partial charge in [0.05, 0.1) is 0 Å². The lowest BCUT2D eigenvalue weighted by molar-refractivity contribution is -0.139. The van der Waals surface area contributed by atoms with E-state index < -0.39 is 0 Å². The fourth-order valence-electron chi connectivity index (χ4n) is 3.93. The molecule has 2 aromatic heterocycles. The predicted molar refractivity (Wildman–Crippen MR) is 103 cm³/mol. The molecule has 0 atom stereocenters. The van der Waals surface area contributed by atoms with E-state index in [0.717, 1.165) is 12.0 Å². The summed E-state index contributed by atoms with van der Waals surface area (Å²) in [7, 11) is 0. The molecule has 1 aliphatic carbocycles. The second-order valence-corrected chi connectivity index (χ2v) is 7.25. The molecular weight excluding hydrogens is 342 g/mol. The summed E-state index contributed by atoms with van der Waals surface area (Å²) in [5.74, 6) is 0.178. The molecule has 2 aromatic rings. The van der Waals surface area contributed by atoms with Crippen LogP contribution in [-0.4, -0.2) is 30.7 Å². The summed E-state index contributed by atoms with van der Waals surface area (Å²) in [6, 6.07) is 2.74. The zero-order valence-electron chi connectivity index (χ0n) is 16.5. The van der Waals surface area contributed by atoms with Crippen molar-refractivity contribution < 1.29 is 9.53 Å². The van der Waals surface area contributed by atoms with Gasteiger partial charge in [-0.1, -0.05) is 26.2 Å². The Kier molecular flexibility index (Phi) is 6.42.